The van der Waals surface area contributed by atoms with Crippen LogP contribution in [0.25, 0.3) is 0 Å². The van der Waals surface area contributed by atoms with Crippen molar-refractivity contribution in [2.75, 3.05) is 6.61 Å². The summed E-state index contributed by atoms with van der Waals surface area (Å²) < 4.78 is 8.77. The van der Waals surface area contributed by atoms with Crippen molar-refractivity contribution < 1.29 is 9.84 Å². The van der Waals surface area contributed by atoms with E-state index in [9.17, 15) is 5.11 Å². The Hall–Kier alpha value is 0.690. The number of benzene rings is 2. The highest BCUT2D eigenvalue weighted by Crippen LogP contribution is 2.46. The van der Waals surface area contributed by atoms with E-state index in [2.05, 4.69) is 119 Å². The van der Waals surface area contributed by atoms with Gasteiger partial charge in [-0.3, -0.25) is 0 Å². The first kappa shape index (κ1) is 22.0. The second kappa shape index (κ2) is 8.80. The Morgan fingerprint density at radius 1 is 0.960 bits per heavy atom. The van der Waals surface area contributed by atoms with Crippen LogP contribution in [0.4, 0.5) is 0 Å². The molecule has 0 radical (unpaired) electrons. The molecule has 25 heavy (non-hydrogen) atoms. The highest BCUT2D eigenvalue weighted by molar-refractivity contribution is 14.1. The number of rotatable bonds is 5. The summed E-state index contributed by atoms with van der Waals surface area (Å²) in [6.45, 7) is 7.05. The lowest BCUT2D eigenvalue weighted by molar-refractivity contribution is 0.268. The average molecular weight is 712 g/mol. The van der Waals surface area contributed by atoms with E-state index in [0.717, 1.165) is 25.8 Å². The summed E-state index contributed by atoms with van der Waals surface area (Å²) in [5.41, 5.74) is 2.19. The van der Waals surface area contributed by atoms with E-state index in [-0.39, 0.29) is 9.17 Å². The minimum Gasteiger partial charge on any atom is -0.506 e. The topological polar surface area (TPSA) is 29.5 Å². The fraction of sp³-hybridized carbons (Fsp3) is 0.333. The third-order valence-electron chi connectivity index (χ3n) is 3.66. The molecule has 0 aromatic heterocycles. The predicted molar refractivity (Wildman–Crippen MR) is 126 cm³/mol. The van der Waals surface area contributed by atoms with Gasteiger partial charge >= 0.3 is 0 Å². The Morgan fingerprint density at radius 3 is 1.76 bits per heavy atom. The third kappa shape index (κ3) is 5.15. The first-order chi connectivity index (χ1) is 11.5. The van der Waals surface area contributed by atoms with Crippen LogP contribution in [0, 0.1) is 5.92 Å². The van der Waals surface area contributed by atoms with E-state index in [1.807, 2.05) is 12.1 Å². The van der Waals surface area contributed by atoms with Crippen molar-refractivity contribution in [2.24, 2.45) is 5.92 Å². The SMILES string of the molecule is CC(C)COc1c(Br)cc(C(C)(I)c2cc(Br)c(O)c(Br)c2)cc1Br. The largest absolute Gasteiger partial charge is 0.506 e. The molecule has 0 saturated carbocycles. The highest BCUT2D eigenvalue weighted by atomic mass is 127. The van der Waals surface area contributed by atoms with Gasteiger partial charge in [0, 0.05) is 0 Å². The minimum atomic E-state index is -0.294. The molecule has 0 heterocycles. The standard InChI is InChI=1S/C18H17Br4IO2/c1-9(2)8-25-17-14(21)6-11(7-15(17)22)18(3,23)10-4-12(19)16(24)13(20)5-10/h4-7,9,24H,8H2,1-3H3. The first-order valence-corrected chi connectivity index (χ1v) is 11.8. The minimum absolute atomic E-state index is 0.204. The summed E-state index contributed by atoms with van der Waals surface area (Å²) in [6.07, 6.45) is 0. The third-order valence-corrected chi connectivity index (χ3v) is 7.29. The Balaban J connectivity index is 2.46. The van der Waals surface area contributed by atoms with Gasteiger partial charge in [0.25, 0.3) is 0 Å². The van der Waals surface area contributed by atoms with Gasteiger partial charge in [0.2, 0.25) is 0 Å². The Labute approximate surface area is 195 Å². The molecule has 0 saturated heterocycles. The number of phenols is 1. The molecule has 0 aliphatic heterocycles. The summed E-state index contributed by atoms with van der Waals surface area (Å²) in [6, 6.07) is 8.05. The molecular formula is C18H17Br4IO2. The van der Waals surface area contributed by atoms with Crippen molar-refractivity contribution in [1.29, 1.82) is 0 Å². The van der Waals surface area contributed by atoms with Crippen LogP contribution in [0.15, 0.2) is 42.2 Å². The van der Waals surface area contributed by atoms with Gasteiger partial charge < -0.3 is 9.84 Å². The maximum atomic E-state index is 9.97. The molecule has 0 fully saturated rings. The van der Waals surface area contributed by atoms with Crippen LogP contribution in [-0.2, 0) is 3.42 Å². The maximum Gasteiger partial charge on any atom is 0.147 e. The van der Waals surface area contributed by atoms with Gasteiger partial charge in [-0.2, -0.15) is 0 Å². The fourth-order valence-corrected chi connectivity index (χ4v) is 5.45. The predicted octanol–water partition coefficient (Wildman–Crippen LogP) is 8.18. The van der Waals surface area contributed by atoms with Crippen LogP contribution in [0.5, 0.6) is 11.5 Å². The average Bonchev–Trinajstić information content (AvgIpc) is 2.50. The summed E-state index contributed by atoms with van der Waals surface area (Å²) in [7, 11) is 0. The molecule has 1 unspecified atom stereocenters. The normalized spacial score (nSPS) is 13.8. The molecule has 1 N–H and O–H groups in total. The number of phenolic OH excluding ortho intramolecular Hbond substituents is 1. The molecule has 2 rings (SSSR count). The van der Waals surface area contributed by atoms with Crippen molar-refractivity contribution in [3.63, 3.8) is 0 Å². The van der Waals surface area contributed by atoms with Crippen LogP contribution in [0.1, 0.15) is 31.9 Å². The van der Waals surface area contributed by atoms with E-state index < -0.39 is 0 Å². The van der Waals surface area contributed by atoms with Crippen molar-refractivity contribution in [1.82, 2.24) is 0 Å². The molecule has 0 aliphatic rings. The van der Waals surface area contributed by atoms with E-state index in [1.54, 1.807) is 0 Å². The molecule has 7 heteroatoms. The molecule has 0 bridgehead atoms. The van der Waals surface area contributed by atoms with E-state index in [1.165, 1.54) is 0 Å². The lowest BCUT2D eigenvalue weighted by Crippen LogP contribution is -2.15. The number of ether oxygens (including phenoxy) is 1. The van der Waals surface area contributed by atoms with Gasteiger partial charge in [-0.25, -0.2) is 0 Å². The zero-order chi connectivity index (χ0) is 18.9. The molecule has 0 spiro atoms. The Morgan fingerprint density at radius 2 is 1.36 bits per heavy atom. The lowest BCUT2D eigenvalue weighted by Gasteiger charge is -2.26. The first-order valence-electron chi connectivity index (χ1n) is 7.53. The molecule has 136 valence electrons. The van der Waals surface area contributed by atoms with E-state index in [4.69, 9.17) is 4.74 Å². The molecule has 0 aliphatic carbocycles. The molecule has 1 atom stereocenters. The summed E-state index contributed by atoms with van der Waals surface area (Å²) >= 11 is 16.5. The van der Waals surface area contributed by atoms with E-state index in [0.29, 0.717) is 21.5 Å². The van der Waals surface area contributed by atoms with Crippen LogP contribution in [-0.4, -0.2) is 11.7 Å². The van der Waals surface area contributed by atoms with Crippen molar-refractivity contribution >= 4 is 86.3 Å². The fourth-order valence-electron chi connectivity index (χ4n) is 2.22. The lowest BCUT2D eigenvalue weighted by atomic mass is 9.93. The molecule has 2 nitrogen and oxygen atoms in total. The monoisotopic (exact) mass is 708 g/mol. The van der Waals surface area contributed by atoms with Crippen molar-refractivity contribution in [2.45, 2.75) is 24.2 Å². The number of hydrogen-bond acceptors (Lipinski definition) is 2. The van der Waals surface area contributed by atoms with Gasteiger partial charge in [0.15, 0.2) is 0 Å². The Bertz CT molecular complexity index is 745. The summed E-state index contributed by atoms with van der Waals surface area (Å²) in [5.74, 6) is 1.48. The van der Waals surface area contributed by atoms with Crippen molar-refractivity contribution in [3.8, 4) is 11.5 Å². The molecule has 2 aromatic rings. The summed E-state index contributed by atoms with van der Waals surface area (Å²) in [5, 5.41) is 9.97. The van der Waals surface area contributed by atoms with Crippen molar-refractivity contribution in [3.05, 3.63) is 53.3 Å². The van der Waals surface area contributed by atoms with Crippen LogP contribution in [0.3, 0.4) is 0 Å². The number of hydrogen-bond donors (Lipinski definition) is 1. The molecule has 0 amide bonds. The Kier molecular flexibility index (Phi) is 7.73. The molecular weight excluding hydrogens is 695 g/mol. The smallest absolute Gasteiger partial charge is 0.147 e. The van der Waals surface area contributed by atoms with Gasteiger partial charge in [-0.15, -0.1) is 0 Å². The second-order valence-electron chi connectivity index (χ2n) is 6.27. The quantitative estimate of drug-likeness (QED) is 0.251. The second-order valence-corrected chi connectivity index (χ2v) is 11.8. The van der Waals surface area contributed by atoms with E-state index >= 15 is 0 Å². The molecule has 2 aromatic carbocycles. The number of halogens is 5. The van der Waals surface area contributed by atoms with Crippen LogP contribution in [0.2, 0.25) is 0 Å². The summed E-state index contributed by atoms with van der Waals surface area (Å²) in [4.78, 5) is 0. The van der Waals surface area contributed by atoms with Gasteiger partial charge in [-0.1, -0.05) is 36.4 Å². The highest BCUT2D eigenvalue weighted by Gasteiger charge is 2.29. The van der Waals surface area contributed by atoms with Gasteiger partial charge in [-0.05, 0) is 112 Å². The van der Waals surface area contributed by atoms with Gasteiger partial charge in [0.05, 0.1) is 27.9 Å². The maximum absolute atomic E-state index is 9.97. The zero-order valence-electron chi connectivity index (χ0n) is 13.8. The number of aromatic hydroxyl groups is 1. The van der Waals surface area contributed by atoms with Crippen LogP contribution >= 0.6 is 86.3 Å². The zero-order valence-corrected chi connectivity index (χ0v) is 22.3. The van der Waals surface area contributed by atoms with Crippen LogP contribution < -0.4 is 4.74 Å². The number of alkyl halides is 1. The van der Waals surface area contributed by atoms with Gasteiger partial charge in [0.1, 0.15) is 11.5 Å².